The standard InChI is InChI=1S/C18H29FN2O4/c1-10(2)13(23)12-8-11(22)9-21(12)15(24)14(17(3,4)5)20-16(25)18(19)6-7-18/h10-12,14,22H,6-9H2,1-5H3,(H,20,25)/t11-,12+,14-/m1/s1. The van der Waals surface area contributed by atoms with Crippen molar-refractivity contribution in [2.45, 2.75) is 77.7 Å². The van der Waals surface area contributed by atoms with Crippen LogP contribution in [0.4, 0.5) is 4.39 Å². The summed E-state index contributed by atoms with van der Waals surface area (Å²) in [6.07, 6.45) is -0.244. The number of aliphatic hydroxyl groups excluding tert-OH is 1. The van der Waals surface area contributed by atoms with Gasteiger partial charge in [0.1, 0.15) is 6.04 Å². The monoisotopic (exact) mass is 356 g/mol. The molecule has 25 heavy (non-hydrogen) atoms. The van der Waals surface area contributed by atoms with Gasteiger partial charge in [0.2, 0.25) is 5.91 Å². The van der Waals surface area contributed by atoms with Gasteiger partial charge in [-0.1, -0.05) is 34.6 Å². The van der Waals surface area contributed by atoms with Crippen LogP contribution in [-0.4, -0.2) is 58.0 Å². The highest BCUT2D eigenvalue weighted by atomic mass is 19.1. The first-order valence-electron chi connectivity index (χ1n) is 8.89. The number of likely N-dealkylation sites (tertiary alicyclic amines) is 1. The first-order valence-corrected chi connectivity index (χ1v) is 8.89. The Kier molecular flexibility index (Phi) is 5.28. The van der Waals surface area contributed by atoms with Crippen LogP contribution in [0.25, 0.3) is 0 Å². The molecule has 0 unspecified atom stereocenters. The van der Waals surface area contributed by atoms with Crippen LogP contribution >= 0.6 is 0 Å². The molecule has 1 heterocycles. The number of β-amino-alcohol motifs (C(OH)–C–C–N with tert-alkyl or cyclic N) is 1. The van der Waals surface area contributed by atoms with Crippen LogP contribution in [0.1, 0.15) is 53.9 Å². The third-order valence-electron chi connectivity index (χ3n) is 4.94. The Bertz CT molecular complexity index is 566. The average Bonchev–Trinajstić information content (AvgIpc) is 3.12. The van der Waals surface area contributed by atoms with E-state index in [1.54, 1.807) is 34.6 Å². The molecule has 6 nitrogen and oxygen atoms in total. The van der Waals surface area contributed by atoms with Crippen molar-refractivity contribution in [2.24, 2.45) is 11.3 Å². The molecule has 7 heteroatoms. The van der Waals surface area contributed by atoms with Crippen LogP contribution in [0, 0.1) is 11.3 Å². The highest BCUT2D eigenvalue weighted by Gasteiger charge is 2.53. The molecule has 0 aromatic rings. The summed E-state index contributed by atoms with van der Waals surface area (Å²) in [4.78, 5) is 39.0. The number of amides is 2. The van der Waals surface area contributed by atoms with Crippen LogP contribution < -0.4 is 5.32 Å². The summed E-state index contributed by atoms with van der Waals surface area (Å²) >= 11 is 0. The maximum absolute atomic E-state index is 14.0. The summed E-state index contributed by atoms with van der Waals surface area (Å²) in [6.45, 7) is 8.88. The number of hydrogen-bond donors (Lipinski definition) is 2. The van der Waals surface area contributed by atoms with E-state index in [0.717, 1.165) is 0 Å². The van der Waals surface area contributed by atoms with Crippen molar-refractivity contribution in [2.75, 3.05) is 6.54 Å². The van der Waals surface area contributed by atoms with Crippen molar-refractivity contribution in [3.63, 3.8) is 0 Å². The van der Waals surface area contributed by atoms with Gasteiger partial charge < -0.3 is 15.3 Å². The zero-order chi connectivity index (χ0) is 19.2. The summed E-state index contributed by atoms with van der Waals surface area (Å²) in [5, 5.41) is 12.5. The number of carbonyl (C=O) groups is 3. The topological polar surface area (TPSA) is 86.7 Å². The lowest BCUT2D eigenvalue weighted by Crippen LogP contribution is -2.58. The fourth-order valence-electron chi connectivity index (χ4n) is 3.12. The van der Waals surface area contributed by atoms with Crippen molar-refractivity contribution in [1.29, 1.82) is 0 Å². The van der Waals surface area contributed by atoms with Crippen molar-refractivity contribution in [3.8, 4) is 0 Å². The highest BCUT2D eigenvalue weighted by Crippen LogP contribution is 2.40. The van der Waals surface area contributed by atoms with E-state index in [9.17, 15) is 23.9 Å². The lowest BCUT2D eigenvalue weighted by molar-refractivity contribution is -0.145. The molecular formula is C18H29FN2O4. The summed E-state index contributed by atoms with van der Waals surface area (Å²) in [5.41, 5.74) is -2.53. The summed E-state index contributed by atoms with van der Waals surface area (Å²) < 4.78 is 14.0. The molecule has 142 valence electrons. The fraction of sp³-hybridized carbons (Fsp3) is 0.833. The largest absolute Gasteiger partial charge is 0.391 e. The van der Waals surface area contributed by atoms with Crippen molar-refractivity contribution in [3.05, 3.63) is 0 Å². The molecule has 2 amide bonds. The highest BCUT2D eigenvalue weighted by molar-refractivity contribution is 5.96. The van der Waals surface area contributed by atoms with Crippen molar-refractivity contribution >= 4 is 17.6 Å². The van der Waals surface area contributed by atoms with Crippen LogP contribution in [0.2, 0.25) is 0 Å². The van der Waals surface area contributed by atoms with Gasteiger partial charge >= 0.3 is 0 Å². The number of aliphatic hydroxyl groups is 1. The van der Waals surface area contributed by atoms with Gasteiger partial charge in [-0.2, -0.15) is 0 Å². The Morgan fingerprint density at radius 2 is 1.80 bits per heavy atom. The molecule has 3 atom stereocenters. The van der Waals surface area contributed by atoms with Crippen LogP contribution in [0.3, 0.4) is 0 Å². The van der Waals surface area contributed by atoms with E-state index in [1.165, 1.54) is 4.90 Å². The van der Waals surface area contributed by atoms with Gasteiger partial charge in [-0.25, -0.2) is 4.39 Å². The second-order valence-electron chi connectivity index (χ2n) is 8.69. The average molecular weight is 356 g/mol. The molecule has 2 rings (SSSR count). The number of halogens is 1. The molecule has 1 saturated heterocycles. The summed E-state index contributed by atoms with van der Waals surface area (Å²) in [7, 11) is 0. The van der Waals surface area contributed by atoms with Gasteiger partial charge in [-0.15, -0.1) is 0 Å². The Morgan fingerprint density at radius 1 is 1.24 bits per heavy atom. The molecule has 1 aliphatic carbocycles. The van der Waals surface area contributed by atoms with Gasteiger partial charge in [0.15, 0.2) is 11.5 Å². The van der Waals surface area contributed by atoms with Gasteiger partial charge in [-0.3, -0.25) is 14.4 Å². The second kappa shape index (κ2) is 6.67. The third-order valence-corrected chi connectivity index (χ3v) is 4.94. The number of ketones is 1. The Morgan fingerprint density at radius 3 is 2.24 bits per heavy atom. The number of alkyl halides is 1. The molecule has 0 aromatic heterocycles. The molecule has 0 bridgehead atoms. The van der Waals surface area contributed by atoms with E-state index in [2.05, 4.69) is 5.32 Å². The van der Waals surface area contributed by atoms with Crippen molar-refractivity contribution < 1.29 is 23.9 Å². The molecule has 0 aromatic carbocycles. The minimum atomic E-state index is -1.87. The minimum Gasteiger partial charge on any atom is -0.391 e. The maximum Gasteiger partial charge on any atom is 0.258 e. The van der Waals surface area contributed by atoms with Crippen LogP contribution in [-0.2, 0) is 14.4 Å². The van der Waals surface area contributed by atoms with E-state index in [-0.39, 0.29) is 37.5 Å². The van der Waals surface area contributed by atoms with Gasteiger partial charge in [0.25, 0.3) is 5.91 Å². The Labute approximate surface area is 148 Å². The smallest absolute Gasteiger partial charge is 0.258 e. The molecule has 2 aliphatic rings. The van der Waals surface area contributed by atoms with Crippen molar-refractivity contribution in [1.82, 2.24) is 10.2 Å². The molecular weight excluding hydrogens is 327 g/mol. The van der Waals surface area contributed by atoms with E-state index >= 15 is 0 Å². The van der Waals surface area contributed by atoms with Crippen LogP contribution in [0.5, 0.6) is 0 Å². The lowest BCUT2D eigenvalue weighted by Gasteiger charge is -2.36. The SMILES string of the molecule is CC(C)C(=O)[C@@H]1C[C@@H](O)CN1C(=O)[C@@H](NC(=O)C1(F)CC1)C(C)(C)C. The number of nitrogens with one attached hydrogen (secondary N) is 1. The van der Waals surface area contributed by atoms with E-state index in [1.807, 2.05) is 0 Å². The number of Topliss-reactive ketones (excluding diaryl/α,β-unsaturated/α-hetero) is 1. The Balaban J connectivity index is 2.22. The van der Waals surface area contributed by atoms with E-state index in [0.29, 0.717) is 0 Å². The third kappa shape index (κ3) is 4.19. The fourth-order valence-corrected chi connectivity index (χ4v) is 3.12. The van der Waals surface area contributed by atoms with Gasteiger partial charge in [0, 0.05) is 18.9 Å². The number of hydrogen-bond acceptors (Lipinski definition) is 4. The summed E-state index contributed by atoms with van der Waals surface area (Å²) in [6, 6.07) is -1.66. The molecule has 2 N–H and O–H groups in total. The normalized spacial score (nSPS) is 26.5. The zero-order valence-corrected chi connectivity index (χ0v) is 15.6. The number of nitrogens with zero attached hydrogens (tertiary/aromatic N) is 1. The predicted octanol–water partition coefficient (Wildman–Crippen LogP) is 1.21. The first kappa shape index (κ1) is 19.8. The van der Waals surface area contributed by atoms with Gasteiger partial charge in [0.05, 0.1) is 12.1 Å². The quantitative estimate of drug-likeness (QED) is 0.775. The maximum atomic E-state index is 14.0. The molecule has 2 fully saturated rings. The predicted molar refractivity (Wildman–Crippen MR) is 90.4 cm³/mol. The van der Waals surface area contributed by atoms with Gasteiger partial charge in [-0.05, 0) is 18.3 Å². The number of carbonyl (C=O) groups excluding carboxylic acids is 3. The Hall–Kier alpha value is -1.50. The lowest BCUT2D eigenvalue weighted by atomic mass is 9.85. The van der Waals surface area contributed by atoms with Crippen LogP contribution in [0.15, 0.2) is 0 Å². The molecule has 0 spiro atoms. The minimum absolute atomic E-state index is 0.0468. The number of rotatable bonds is 5. The molecule has 1 saturated carbocycles. The molecule has 1 aliphatic heterocycles. The first-order chi connectivity index (χ1) is 11.4. The molecule has 0 radical (unpaired) electrons. The van der Waals surface area contributed by atoms with E-state index < -0.39 is 41.1 Å². The zero-order valence-electron chi connectivity index (χ0n) is 15.6. The summed E-state index contributed by atoms with van der Waals surface area (Å²) in [5.74, 6) is -1.60. The van der Waals surface area contributed by atoms with E-state index in [4.69, 9.17) is 0 Å². The second-order valence-corrected chi connectivity index (χ2v) is 8.69.